The van der Waals surface area contributed by atoms with E-state index in [1.54, 1.807) is 6.20 Å². The largest absolute Gasteiger partial charge is 0.380 e. The molecule has 2 fully saturated rings. The third-order valence-electron chi connectivity index (χ3n) is 4.14. The minimum atomic E-state index is -0.712. The molecule has 3 heterocycles. The molecule has 1 N–H and O–H groups in total. The lowest BCUT2D eigenvalue weighted by atomic mass is 9.91. The van der Waals surface area contributed by atoms with Crippen molar-refractivity contribution in [1.29, 1.82) is 0 Å². The fourth-order valence-corrected chi connectivity index (χ4v) is 3.32. The van der Waals surface area contributed by atoms with E-state index in [1.807, 2.05) is 6.20 Å². The second kappa shape index (κ2) is 3.57. The zero-order valence-electron chi connectivity index (χ0n) is 9.76. The number of hydrogen-bond acceptors (Lipinski definition) is 3. The molecule has 0 aliphatic carbocycles. The highest BCUT2D eigenvalue weighted by atomic mass is 16.3. The van der Waals surface area contributed by atoms with E-state index in [4.69, 9.17) is 0 Å². The van der Waals surface area contributed by atoms with E-state index in [2.05, 4.69) is 21.4 Å². The molecule has 3 rings (SSSR count). The molecule has 0 bridgehead atoms. The lowest BCUT2D eigenvalue weighted by molar-refractivity contribution is -0.00189. The van der Waals surface area contributed by atoms with Gasteiger partial charge in [0.2, 0.25) is 0 Å². The SMILES string of the molecule is CCn1ccnc1C1(O)CCN2CCCC21. The van der Waals surface area contributed by atoms with Gasteiger partial charge in [-0.1, -0.05) is 0 Å². The van der Waals surface area contributed by atoms with Crippen molar-refractivity contribution in [3.63, 3.8) is 0 Å². The molecule has 2 aliphatic rings. The average Bonchev–Trinajstić information content (AvgIpc) is 2.96. The average molecular weight is 221 g/mol. The van der Waals surface area contributed by atoms with Crippen molar-refractivity contribution in [2.45, 2.75) is 44.4 Å². The van der Waals surface area contributed by atoms with Crippen molar-refractivity contribution in [2.75, 3.05) is 13.1 Å². The Hall–Kier alpha value is -0.870. The number of aliphatic hydroxyl groups is 1. The van der Waals surface area contributed by atoms with Crippen molar-refractivity contribution in [3.8, 4) is 0 Å². The van der Waals surface area contributed by atoms with Crippen LogP contribution in [0, 0.1) is 0 Å². The maximum atomic E-state index is 10.9. The Morgan fingerprint density at radius 1 is 1.56 bits per heavy atom. The van der Waals surface area contributed by atoms with Crippen LogP contribution in [0.2, 0.25) is 0 Å². The zero-order valence-corrected chi connectivity index (χ0v) is 9.76. The zero-order chi connectivity index (χ0) is 11.2. The van der Waals surface area contributed by atoms with Crippen molar-refractivity contribution in [1.82, 2.24) is 14.5 Å². The highest BCUT2D eigenvalue weighted by Crippen LogP contribution is 2.42. The Labute approximate surface area is 95.9 Å². The van der Waals surface area contributed by atoms with Crippen molar-refractivity contribution >= 4 is 0 Å². The highest BCUT2D eigenvalue weighted by molar-refractivity contribution is 5.15. The Morgan fingerprint density at radius 2 is 2.44 bits per heavy atom. The predicted molar refractivity (Wildman–Crippen MR) is 61.0 cm³/mol. The Balaban J connectivity index is 1.98. The summed E-state index contributed by atoms with van der Waals surface area (Å²) in [5.74, 6) is 0.865. The van der Waals surface area contributed by atoms with E-state index in [1.165, 1.54) is 6.42 Å². The molecule has 1 aromatic rings. The van der Waals surface area contributed by atoms with E-state index in [-0.39, 0.29) is 0 Å². The number of imidazole rings is 1. The summed E-state index contributed by atoms with van der Waals surface area (Å²) in [7, 11) is 0. The standard InChI is InChI=1S/C12H19N3O/c1-2-14-9-6-13-11(14)12(16)5-8-15-7-3-4-10(12)15/h6,9-10,16H,2-5,7-8H2,1H3. The maximum absolute atomic E-state index is 10.9. The molecule has 0 saturated carbocycles. The van der Waals surface area contributed by atoms with Gasteiger partial charge in [-0.25, -0.2) is 4.98 Å². The molecule has 4 nitrogen and oxygen atoms in total. The summed E-state index contributed by atoms with van der Waals surface area (Å²) in [6, 6.07) is 0.292. The third kappa shape index (κ3) is 1.26. The highest BCUT2D eigenvalue weighted by Gasteiger charge is 2.51. The summed E-state index contributed by atoms with van der Waals surface area (Å²) in [5.41, 5.74) is -0.712. The summed E-state index contributed by atoms with van der Waals surface area (Å²) in [6.07, 6.45) is 6.90. The molecule has 0 radical (unpaired) electrons. The van der Waals surface area contributed by atoms with Gasteiger partial charge in [0, 0.05) is 31.5 Å². The number of aryl methyl sites for hydroxylation is 1. The molecule has 0 amide bonds. The second-order valence-corrected chi connectivity index (χ2v) is 4.91. The van der Waals surface area contributed by atoms with Crippen LogP contribution >= 0.6 is 0 Å². The molecular formula is C12H19N3O. The summed E-state index contributed by atoms with van der Waals surface area (Å²) in [4.78, 5) is 6.80. The molecule has 2 aliphatic heterocycles. The van der Waals surface area contributed by atoms with Crippen LogP contribution in [0.1, 0.15) is 32.0 Å². The molecule has 4 heteroatoms. The van der Waals surface area contributed by atoms with Gasteiger partial charge in [-0.2, -0.15) is 0 Å². The van der Waals surface area contributed by atoms with Crippen LogP contribution in [-0.2, 0) is 12.1 Å². The first-order valence-electron chi connectivity index (χ1n) is 6.24. The van der Waals surface area contributed by atoms with E-state index >= 15 is 0 Å². The quantitative estimate of drug-likeness (QED) is 0.808. The molecule has 16 heavy (non-hydrogen) atoms. The van der Waals surface area contributed by atoms with Crippen molar-refractivity contribution in [3.05, 3.63) is 18.2 Å². The second-order valence-electron chi connectivity index (χ2n) is 4.91. The van der Waals surface area contributed by atoms with Crippen LogP contribution in [0.3, 0.4) is 0 Å². The van der Waals surface area contributed by atoms with Crippen molar-refractivity contribution < 1.29 is 5.11 Å². The van der Waals surface area contributed by atoms with Gasteiger partial charge in [0.1, 0.15) is 11.4 Å². The normalized spacial score (nSPS) is 34.5. The van der Waals surface area contributed by atoms with Crippen LogP contribution in [0.25, 0.3) is 0 Å². The Bertz CT molecular complexity index is 389. The summed E-state index contributed by atoms with van der Waals surface area (Å²) in [5, 5.41) is 10.9. The van der Waals surface area contributed by atoms with E-state index < -0.39 is 5.60 Å². The van der Waals surface area contributed by atoms with Gasteiger partial charge in [-0.3, -0.25) is 4.90 Å². The number of fused-ring (bicyclic) bond motifs is 1. The lowest BCUT2D eigenvalue weighted by Crippen LogP contribution is -2.40. The number of hydrogen-bond donors (Lipinski definition) is 1. The smallest absolute Gasteiger partial charge is 0.142 e. The summed E-state index contributed by atoms with van der Waals surface area (Å²) >= 11 is 0. The first-order valence-corrected chi connectivity index (χ1v) is 6.24. The number of aromatic nitrogens is 2. The first kappa shape index (κ1) is 10.3. The minimum Gasteiger partial charge on any atom is -0.380 e. The minimum absolute atomic E-state index is 0.292. The third-order valence-corrected chi connectivity index (χ3v) is 4.14. The fourth-order valence-electron chi connectivity index (χ4n) is 3.32. The number of nitrogens with zero attached hydrogens (tertiary/aromatic N) is 3. The van der Waals surface area contributed by atoms with E-state index in [9.17, 15) is 5.11 Å². The molecule has 0 spiro atoms. The van der Waals surface area contributed by atoms with Gasteiger partial charge in [-0.15, -0.1) is 0 Å². The molecule has 2 saturated heterocycles. The monoisotopic (exact) mass is 221 g/mol. The van der Waals surface area contributed by atoms with Crippen molar-refractivity contribution in [2.24, 2.45) is 0 Å². The van der Waals surface area contributed by atoms with E-state index in [0.717, 1.165) is 38.3 Å². The molecule has 1 aromatic heterocycles. The van der Waals surface area contributed by atoms with Gasteiger partial charge in [0.15, 0.2) is 0 Å². The van der Waals surface area contributed by atoms with Crippen LogP contribution in [0.15, 0.2) is 12.4 Å². The first-order chi connectivity index (χ1) is 7.75. The van der Waals surface area contributed by atoms with Gasteiger partial charge >= 0.3 is 0 Å². The van der Waals surface area contributed by atoms with Gasteiger partial charge in [-0.05, 0) is 32.7 Å². The molecule has 88 valence electrons. The summed E-state index contributed by atoms with van der Waals surface area (Å²) in [6.45, 7) is 5.12. The maximum Gasteiger partial charge on any atom is 0.142 e. The molecule has 0 aromatic carbocycles. The predicted octanol–water partition coefficient (Wildman–Crippen LogP) is 0.959. The molecular weight excluding hydrogens is 202 g/mol. The van der Waals surface area contributed by atoms with Gasteiger partial charge in [0.25, 0.3) is 0 Å². The van der Waals surface area contributed by atoms with Crippen LogP contribution in [-0.4, -0.2) is 38.7 Å². The number of rotatable bonds is 2. The van der Waals surface area contributed by atoms with Gasteiger partial charge in [0.05, 0.1) is 0 Å². The van der Waals surface area contributed by atoms with Gasteiger partial charge < -0.3 is 9.67 Å². The Kier molecular flexibility index (Phi) is 2.30. The molecule has 2 unspecified atom stereocenters. The van der Waals surface area contributed by atoms with Crippen LogP contribution in [0.4, 0.5) is 0 Å². The summed E-state index contributed by atoms with van der Waals surface area (Å²) < 4.78 is 2.07. The van der Waals surface area contributed by atoms with Crippen LogP contribution in [0.5, 0.6) is 0 Å². The Morgan fingerprint density at radius 3 is 3.25 bits per heavy atom. The van der Waals surface area contributed by atoms with Crippen LogP contribution < -0.4 is 0 Å². The van der Waals surface area contributed by atoms with E-state index in [0.29, 0.717) is 6.04 Å². The lowest BCUT2D eigenvalue weighted by Gasteiger charge is -2.29. The fraction of sp³-hybridized carbons (Fsp3) is 0.750. The molecule has 2 atom stereocenters. The topological polar surface area (TPSA) is 41.3 Å².